The van der Waals surface area contributed by atoms with E-state index < -0.39 is 6.10 Å². The van der Waals surface area contributed by atoms with Gasteiger partial charge in [-0.05, 0) is 75.1 Å². The molecule has 6 rings (SSSR count). The van der Waals surface area contributed by atoms with E-state index in [1.54, 1.807) is 0 Å². The van der Waals surface area contributed by atoms with Crippen LogP contribution in [0.3, 0.4) is 0 Å². The first-order valence-electron chi connectivity index (χ1n) is 12.3. The fraction of sp³-hybridized carbons (Fsp3) is 0.481. The normalized spacial score (nSPS) is 25.5. The molecule has 1 saturated heterocycles. The smallest absolute Gasteiger partial charge is 0.118 e. The van der Waals surface area contributed by atoms with Gasteiger partial charge in [0.2, 0.25) is 0 Å². The van der Waals surface area contributed by atoms with E-state index in [0.717, 1.165) is 66.9 Å². The van der Waals surface area contributed by atoms with Crippen LogP contribution in [-0.2, 0) is 19.9 Å². The summed E-state index contributed by atoms with van der Waals surface area (Å²) in [6.07, 6.45) is 13.5. The molecule has 3 aromatic rings. The second kappa shape index (κ2) is 8.49. The number of allylic oxidation sites excluding steroid dienone is 2. The Morgan fingerprint density at radius 3 is 2.97 bits per heavy atom. The molecule has 33 heavy (non-hydrogen) atoms. The van der Waals surface area contributed by atoms with Gasteiger partial charge in [-0.1, -0.05) is 24.3 Å². The number of thiazole rings is 1. The first-order chi connectivity index (χ1) is 16.1. The van der Waals surface area contributed by atoms with Crippen molar-refractivity contribution in [3.8, 4) is 0 Å². The fourth-order valence-electron chi connectivity index (χ4n) is 5.93. The minimum Gasteiger partial charge on any atom is -0.387 e. The van der Waals surface area contributed by atoms with Crippen LogP contribution in [0.5, 0.6) is 0 Å². The van der Waals surface area contributed by atoms with E-state index in [4.69, 9.17) is 9.97 Å². The number of hydrogen-bond acceptors (Lipinski definition) is 5. The van der Waals surface area contributed by atoms with Crippen molar-refractivity contribution in [2.45, 2.75) is 76.0 Å². The third kappa shape index (κ3) is 3.88. The van der Waals surface area contributed by atoms with Gasteiger partial charge in [-0.25, -0.2) is 9.97 Å². The Kier molecular flexibility index (Phi) is 5.47. The molecule has 0 bridgehead atoms. The van der Waals surface area contributed by atoms with Gasteiger partial charge in [0.05, 0.1) is 33.8 Å². The Bertz CT molecular complexity index is 1250. The first-order valence-corrected chi connectivity index (χ1v) is 13.1. The number of nitrogens with one attached hydrogen (secondary N) is 1. The molecule has 0 amide bonds. The maximum atomic E-state index is 10.8. The van der Waals surface area contributed by atoms with Gasteiger partial charge in [-0.15, -0.1) is 11.3 Å². The molecule has 172 valence electrons. The zero-order valence-corrected chi connectivity index (χ0v) is 20.2. The van der Waals surface area contributed by atoms with Crippen molar-refractivity contribution in [1.29, 1.82) is 0 Å². The zero-order chi connectivity index (χ0) is 22.5. The average Bonchev–Trinajstić information content (AvgIpc) is 3.58. The van der Waals surface area contributed by atoms with Gasteiger partial charge in [-0.3, -0.25) is 0 Å². The Morgan fingerprint density at radius 2 is 2.12 bits per heavy atom. The summed E-state index contributed by atoms with van der Waals surface area (Å²) < 4.78 is 2.26. The number of benzene rings is 1. The highest BCUT2D eigenvalue weighted by molar-refractivity contribution is 7.11. The van der Waals surface area contributed by atoms with E-state index in [9.17, 15) is 5.11 Å². The monoisotopic (exact) mass is 460 g/mol. The molecule has 3 aliphatic rings. The molecule has 6 heteroatoms. The maximum Gasteiger partial charge on any atom is 0.118 e. The standard InChI is InChI=1S/C27H32N4OS/c1-16-28-25-20(10-13-24(25)33-16)27-30-22-15-17(8-12-23(22)31(27)2)14-19-9-11-21(29-19)26(32)18-6-4-3-5-7-18/h4,6-8,12,15,19-21,26,29,32H,3,5,9-11,13-14H2,1-2H3/t19?,20?,21-,26-/m1/s1. The lowest BCUT2D eigenvalue weighted by Crippen LogP contribution is -2.40. The Labute approximate surface area is 199 Å². The predicted octanol–water partition coefficient (Wildman–Crippen LogP) is 4.72. The summed E-state index contributed by atoms with van der Waals surface area (Å²) in [5, 5.41) is 15.7. The summed E-state index contributed by atoms with van der Waals surface area (Å²) in [4.78, 5) is 11.4. The van der Waals surface area contributed by atoms with E-state index in [1.807, 2.05) is 11.3 Å². The van der Waals surface area contributed by atoms with E-state index in [1.165, 1.54) is 21.7 Å². The number of hydrogen-bond donors (Lipinski definition) is 2. The number of imidazole rings is 1. The highest BCUT2D eigenvalue weighted by Crippen LogP contribution is 2.40. The molecule has 2 aliphatic carbocycles. The van der Waals surface area contributed by atoms with Crippen LogP contribution in [0.4, 0.5) is 0 Å². The van der Waals surface area contributed by atoms with Gasteiger partial charge in [0.15, 0.2) is 0 Å². The molecule has 1 aliphatic heterocycles. The summed E-state index contributed by atoms with van der Waals surface area (Å²) in [6, 6.07) is 7.28. The van der Waals surface area contributed by atoms with E-state index in [-0.39, 0.29) is 6.04 Å². The van der Waals surface area contributed by atoms with Gasteiger partial charge in [0.25, 0.3) is 0 Å². The molecule has 5 nitrogen and oxygen atoms in total. The van der Waals surface area contributed by atoms with Crippen molar-refractivity contribution >= 4 is 22.4 Å². The number of aliphatic hydroxyl groups is 1. The lowest BCUT2D eigenvalue weighted by Gasteiger charge is -2.22. The summed E-state index contributed by atoms with van der Waals surface area (Å²) in [6.45, 7) is 2.10. The number of aromatic nitrogens is 3. The third-order valence-electron chi connectivity index (χ3n) is 7.62. The first kappa shape index (κ1) is 21.3. The molecule has 0 spiro atoms. The fourth-order valence-corrected chi connectivity index (χ4v) is 6.95. The van der Waals surface area contributed by atoms with Gasteiger partial charge in [0.1, 0.15) is 5.82 Å². The molecule has 1 fully saturated rings. The Hall–Kier alpha value is -2.28. The lowest BCUT2D eigenvalue weighted by atomic mass is 9.96. The predicted molar refractivity (Wildman–Crippen MR) is 134 cm³/mol. The second-order valence-corrected chi connectivity index (χ2v) is 11.2. The Balaban J connectivity index is 1.18. The molecule has 0 radical (unpaired) electrons. The number of rotatable bonds is 5. The van der Waals surface area contributed by atoms with Crippen LogP contribution in [0.2, 0.25) is 0 Å². The van der Waals surface area contributed by atoms with Crippen LogP contribution in [-0.4, -0.2) is 37.8 Å². The highest BCUT2D eigenvalue weighted by atomic mass is 32.1. The molecule has 4 atom stereocenters. The maximum absolute atomic E-state index is 10.8. The summed E-state index contributed by atoms with van der Waals surface area (Å²) in [5.41, 5.74) is 5.91. The third-order valence-corrected chi connectivity index (χ3v) is 8.67. The average molecular weight is 461 g/mol. The number of aryl methyl sites for hydroxylation is 3. The number of nitrogens with zero attached hydrogens (tertiary/aromatic N) is 3. The SMILES string of the molecule is Cc1nc2c(s1)CCC2c1nc2cc(CC3CC[C@H]([C@H](O)C4=CCCC=C4)N3)ccc2n1C. The van der Waals surface area contributed by atoms with Gasteiger partial charge in [0, 0.05) is 24.0 Å². The number of fused-ring (bicyclic) bond motifs is 2. The largest absolute Gasteiger partial charge is 0.387 e. The second-order valence-electron chi connectivity index (χ2n) is 9.86. The van der Waals surface area contributed by atoms with Gasteiger partial charge in [-0.2, -0.15) is 0 Å². The molecule has 1 aromatic carbocycles. The van der Waals surface area contributed by atoms with Crippen LogP contribution >= 0.6 is 11.3 Å². The van der Waals surface area contributed by atoms with E-state index in [0.29, 0.717) is 12.0 Å². The van der Waals surface area contributed by atoms with Crippen LogP contribution in [0, 0.1) is 6.92 Å². The van der Waals surface area contributed by atoms with Crippen molar-refractivity contribution < 1.29 is 5.11 Å². The van der Waals surface area contributed by atoms with Crippen LogP contribution in [0.15, 0.2) is 42.0 Å². The lowest BCUT2D eigenvalue weighted by molar-refractivity contribution is 0.170. The molecule has 3 heterocycles. The van der Waals surface area contributed by atoms with Crippen LogP contribution in [0.1, 0.15) is 65.0 Å². The van der Waals surface area contributed by atoms with Crippen LogP contribution < -0.4 is 5.32 Å². The van der Waals surface area contributed by atoms with E-state index >= 15 is 0 Å². The Morgan fingerprint density at radius 1 is 1.21 bits per heavy atom. The van der Waals surface area contributed by atoms with Gasteiger partial charge >= 0.3 is 0 Å². The van der Waals surface area contributed by atoms with Crippen LogP contribution in [0.25, 0.3) is 11.0 Å². The molecule has 2 N–H and O–H groups in total. The quantitative estimate of drug-likeness (QED) is 0.579. The topological polar surface area (TPSA) is 63.0 Å². The summed E-state index contributed by atoms with van der Waals surface area (Å²) in [5.74, 6) is 1.45. The van der Waals surface area contributed by atoms with Crippen molar-refractivity contribution in [2.75, 3.05) is 0 Å². The molecular weight excluding hydrogens is 428 g/mol. The summed E-state index contributed by atoms with van der Waals surface area (Å²) in [7, 11) is 2.14. The van der Waals surface area contributed by atoms with Crippen molar-refractivity contribution in [3.63, 3.8) is 0 Å². The minimum absolute atomic E-state index is 0.146. The minimum atomic E-state index is -0.405. The molecule has 2 unspecified atom stereocenters. The summed E-state index contributed by atoms with van der Waals surface area (Å²) >= 11 is 1.84. The van der Waals surface area contributed by atoms with Crippen molar-refractivity contribution in [1.82, 2.24) is 19.9 Å². The zero-order valence-electron chi connectivity index (χ0n) is 19.4. The molecule has 0 saturated carbocycles. The van der Waals surface area contributed by atoms with Gasteiger partial charge < -0.3 is 15.0 Å². The molecular formula is C27H32N4OS. The van der Waals surface area contributed by atoms with E-state index in [2.05, 4.69) is 60.3 Å². The van der Waals surface area contributed by atoms with Crippen molar-refractivity contribution in [3.05, 3.63) is 69.0 Å². The number of aliphatic hydroxyl groups excluding tert-OH is 1. The molecule has 2 aromatic heterocycles. The van der Waals surface area contributed by atoms with Crippen molar-refractivity contribution in [2.24, 2.45) is 7.05 Å². The highest BCUT2D eigenvalue weighted by Gasteiger charge is 2.32.